The van der Waals surface area contributed by atoms with Crippen molar-refractivity contribution in [2.75, 3.05) is 56.9 Å². The molecular weight excluding hydrogens is 492 g/mol. The number of anilines is 4. The number of H-pyrrole nitrogens is 1. The smallest absolute Gasteiger partial charge is 0.247 e. The number of rotatable bonds is 10. The molecule has 2 aromatic carbocycles. The summed E-state index contributed by atoms with van der Waals surface area (Å²) in [5.41, 5.74) is 2.96. The van der Waals surface area contributed by atoms with Gasteiger partial charge in [-0.3, -0.25) is 4.79 Å². The Morgan fingerprint density at radius 3 is 2.66 bits per heavy atom. The van der Waals surface area contributed by atoms with Gasteiger partial charge < -0.3 is 30.2 Å². The number of hydrogen-bond acceptors (Lipinski definition) is 7. The van der Waals surface area contributed by atoms with Gasteiger partial charge in [-0.2, -0.15) is 0 Å². The number of aromatic nitrogens is 3. The van der Waals surface area contributed by atoms with E-state index in [1.165, 1.54) is 18.3 Å². The monoisotopic (exact) mass is 521 g/mol. The number of ether oxygens (including phenoxy) is 1. The van der Waals surface area contributed by atoms with E-state index in [0.29, 0.717) is 40.3 Å². The molecule has 0 unspecified atom stereocenters. The number of hydrogen-bond donors (Lipinski definition) is 3. The highest BCUT2D eigenvalue weighted by molar-refractivity contribution is 6.02. The minimum atomic E-state index is -0.687. The van der Waals surface area contributed by atoms with Crippen molar-refractivity contribution in [1.82, 2.24) is 19.9 Å². The second-order valence-corrected chi connectivity index (χ2v) is 8.89. The Balaban J connectivity index is 1.71. The number of amides is 1. The average molecular weight is 522 g/mol. The fourth-order valence-electron chi connectivity index (χ4n) is 3.96. The molecule has 4 aromatic rings. The van der Waals surface area contributed by atoms with Crippen molar-refractivity contribution >= 4 is 39.8 Å². The van der Waals surface area contributed by atoms with E-state index in [1.807, 2.05) is 32.1 Å². The van der Waals surface area contributed by atoms with Gasteiger partial charge in [-0.25, -0.2) is 18.7 Å². The molecule has 9 nitrogen and oxygen atoms in total. The van der Waals surface area contributed by atoms with Crippen LogP contribution in [0.2, 0.25) is 0 Å². The molecule has 0 aliphatic carbocycles. The van der Waals surface area contributed by atoms with Crippen LogP contribution in [0.15, 0.2) is 55.4 Å². The normalized spacial score (nSPS) is 11.0. The van der Waals surface area contributed by atoms with E-state index >= 15 is 0 Å². The third-order valence-electron chi connectivity index (χ3n) is 5.94. The lowest BCUT2D eigenvalue weighted by atomic mass is 10.1. The van der Waals surface area contributed by atoms with Crippen molar-refractivity contribution < 1.29 is 18.3 Å². The number of likely N-dealkylation sites (N-methyl/N-ethyl adjacent to an activating group) is 2. The predicted octanol–water partition coefficient (Wildman–Crippen LogP) is 4.78. The molecule has 2 aromatic heterocycles. The zero-order valence-corrected chi connectivity index (χ0v) is 21.6. The topological polar surface area (TPSA) is 98.4 Å². The van der Waals surface area contributed by atoms with Crippen LogP contribution in [0.1, 0.15) is 0 Å². The zero-order chi connectivity index (χ0) is 27.4. The average Bonchev–Trinajstić information content (AvgIpc) is 3.31. The number of methoxy groups -OCH3 is 1. The Labute approximate surface area is 219 Å². The molecule has 0 spiro atoms. The molecule has 11 heteroatoms. The fourth-order valence-corrected chi connectivity index (χ4v) is 3.96. The molecule has 0 saturated heterocycles. The van der Waals surface area contributed by atoms with Crippen LogP contribution in [0, 0.1) is 11.6 Å². The van der Waals surface area contributed by atoms with Crippen molar-refractivity contribution in [2.45, 2.75) is 0 Å². The molecule has 0 fully saturated rings. The summed E-state index contributed by atoms with van der Waals surface area (Å²) in [6.07, 6.45) is 4.30. The first-order valence-corrected chi connectivity index (χ1v) is 11.8. The highest BCUT2D eigenvalue weighted by Gasteiger charge is 2.18. The number of fused-ring (bicyclic) bond motifs is 1. The zero-order valence-electron chi connectivity index (χ0n) is 21.6. The number of carbonyl (C=O) groups is 1. The lowest BCUT2D eigenvalue weighted by molar-refractivity contribution is -0.111. The molecule has 2 heterocycles. The summed E-state index contributed by atoms with van der Waals surface area (Å²) < 4.78 is 33.7. The van der Waals surface area contributed by atoms with Gasteiger partial charge in [-0.15, -0.1) is 0 Å². The standard InChI is InChI=1S/C27H29F2N7O2/c1-6-25(37)32-21-13-22(24(38-5)14-23(21)36(4)10-9-35(2)3)34-27-30-8-7-20(33-27)18-15-31-26-17(18)11-16(28)12-19(26)29/h6-8,11-15,31H,1,9-10H2,2-5H3,(H,32,37)(H,30,33,34). The number of aromatic amines is 1. The van der Waals surface area contributed by atoms with E-state index < -0.39 is 11.6 Å². The van der Waals surface area contributed by atoms with Crippen molar-refractivity contribution in [2.24, 2.45) is 0 Å². The summed E-state index contributed by atoms with van der Waals surface area (Å²) in [7, 11) is 7.44. The lowest BCUT2D eigenvalue weighted by Crippen LogP contribution is -2.29. The Morgan fingerprint density at radius 1 is 1.16 bits per heavy atom. The number of halogens is 2. The second kappa shape index (κ2) is 11.3. The first-order valence-electron chi connectivity index (χ1n) is 11.8. The van der Waals surface area contributed by atoms with Crippen LogP contribution in [-0.2, 0) is 4.79 Å². The van der Waals surface area contributed by atoms with Crippen LogP contribution >= 0.6 is 0 Å². The van der Waals surface area contributed by atoms with E-state index in [9.17, 15) is 13.6 Å². The van der Waals surface area contributed by atoms with Crippen LogP contribution < -0.4 is 20.3 Å². The number of carbonyl (C=O) groups excluding carboxylic acids is 1. The van der Waals surface area contributed by atoms with Gasteiger partial charge in [-0.05, 0) is 38.4 Å². The Bertz CT molecular complexity index is 1490. The fraction of sp³-hybridized carbons (Fsp3) is 0.222. The summed E-state index contributed by atoms with van der Waals surface area (Å²) in [5.74, 6) is -1.01. The van der Waals surface area contributed by atoms with Crippen LogP contribution in [0.4, 0.5) is 31.8 Å². The SMILES string of the molecule is C=CC(=O)Nc1cc(Nc2nccc(-c3c[nH]c4c(F)cc(F)cc34)n2)c(OC)cc1N(C)CCN(C)C. The second-order valence-electron chi connectivity index (χ2n) is 8.89. The molecular formula is C27H29F2N7O2. The Morgan fingerprint density at radius 2 is 1.95 bits per heavy atom. The molecule has 4 rings (SSSR count). The van der Waals surface area contributed by atoms with Crippen LogP contribution in [0.3, 0.4) is 0 Å². The van der Waals surface area contributed by atoms with Crippen molar-refractivity contribution in [3.8, 4) is 17.0 Å². The summed E-state index contributed by atoms with van der Waals surface area (Å²) in [6, 6.07) is 7.26. The van der Waals surface area contributed by atoms with E-state index in [1.54, 1.807) is 25.4 Å². The Hall–Kier alpha value is -4.51. The summed E-state index contributed by atoms with van der Waals surface area (Å²) in [4.78, 5) is 27.9. The lowest BCUT2D eigenvalue weighted by Gasteiger charge is -2.26. The molecule has 0 saturated carbocycles. The van der Waals surface area contributed by atoms with Gasteiger partial charge in [0.2, 0.25) is 11.9 Å². The summed E-state index contributed by atoms with van der Waals surface area (Å²) in [6.45, 7) is 5.05. The molecule has 0 aliphatic heterocycles. The van der Waals surface area contributed by atoms with E-state index in [0.717, 1.165) is 18.3 Å². The number of nitrogens with zero attached hydrogens (tertiary/aromatic N) is 4. The van der Waals surface area contributed by atoms with E-state index in [-0.39, 0.29) is 17.4 Å². The van der Waals surface area contributed by atoms with Crippen molar-refractivity contribution in [3.63, 3.8) is 0 Å². The maximum Gasteiger partial charge on any atom is 0.247 e. The first kappa shape index (κ1) is 26.6. The van der Waals surface area contributed by atoms with E-state index in [2.05, 4.69) is 37.1 Å². The molecule has 1 amide bonds. The minimum Gasteiger partial charge on any atom is -0.494 e. The molecule has 0 aliphatic rings. The van der Waals surface area contributed by atoms with Crippen molar-refractivity contribution in [1.29, 1.82) is 0 Å². The maximum absolute atomic E-state index is 14.2. The molecule has 0 radical (unpaired) electrons. The number of nitrogens with one attached hydrogen (secondary N) is 3. The first-order chi connectivity index (χ1) is 18.2. The Kier molecular flexibility index (Phi) is 7.87. The molecule has 3 N–H and O–H groups in total. The van der Waals surface area contributed by atoms with Crippen LogP contribution in [0.5, 0.6) is 5.75 Å². The number of benzene rings is 2. The van der Waals surface area contributed by atoms with Gasteiger partial charge in [0.1, 0.15) is 17.4 Å². The molecule has 0 atom stereocenters. The van der Waals surface area contributed by atoms with Crippen molar-refractivity contribution in [3.05, 3.63) is 67.0 Å². The highest BCUT2D eigenvalue weighted by Crippen LogP contribution is 2.38. The summed E-state index contributed by atoms with van der Waals surface area (Å²) >= 11 is 0. The van der Waals surface area contributed by atoms with Gasteiger partial charge in [0.15, 0.2) is 0 Å². The van der Waals surface area contributed by atoms with Gasteiger partial charge in [0.05, 0.1) is 35.4 Å². The maximum atomic E-state index is 14.2. The van der Waals surface area contributed by atoms with Gasteiger partial charge in [-0.1, -0.05) is 6.58 Å². The third-order valence-corrected chi connectivity index (χ3v) is 5.94. The van der Waals surface area contributed by atoms with Crippen LogP contribution in [0.25, 0.3) is 22.2 Å². The minimum absolute atomic E-state index is 0.188. The third kappa shape index (κ3) is 5.73. The van der Waals surface area contributed by atoms with Gasteiger partial charge >= 0.3 is 0 Å². The van der Waals surface area contributed by atoms with E-state index in [4.69, 9.17) is 4.74 Å². The van der Waals surface area contributed by atoms with Gasteiger partial charge in [0, 0.05) is 55.6 Å². The van der Waals surface area contributed by atoms with Gasteiger partial charge in [0.25, 0.3) is 0 Å². The highest BCUT2D eigenvalue weighted by atomic mass is 19.1. The predicted molar refractivity (Wildman–Crippen MR) is 146 cm³/mol. The van der Waals surface area contributed by atoms with Crippen LogP contribution in [-0.4, -0.2) is 67.1 Å². The quantitative estimate of drug-likeness (QED) is 0.259. The summed E-state index contributed by atoms with van der Waals surface area (Å²) in [5, 5.41) is 6.35. The molecule has 38 heavy (non-hydrogen) atoms. The molecule has 0 bridgehead atoms. The largest absolute Gasteiger partial charge is 0.494 e. The molecule has 198 valence electrons.